The standard InChI is InChI=1S/C34H36FN7O5/c1-40-30-25(10-20(12-29(30)47-3)34(45)41-16-21(35)13-22(36)17-41)39-32(40)26-11-19-6-8-24(38-31(19)42(26)15-18-4-5-18)33(44)37-23-7-9-28(46-2)27(43)14-23/h6-12,14,18,21-22,43H,4-5,13,15-17,36H2,1-3H3,(H,37,44)/t21-,22-/m1/s1. The number of nitrogens with one attached hydrogen (secondary N) is 1. The average molecular weight is 642 g/mol. The van der Waals surface area contributed by atoms with E-state index in [2.05, 4.69) is 9.88 Å². The van der Waals surface area contributed by atoms with Crippen molar-refractivity contribution in [2.45, 2.75) is 38.0 Å². The second-order valence-corrected chi connectivity index (χ2v) is 12.4. The average Bonchev–Trinajstić information content (AvgIpc) is 3.72. The third-order valence-electron chi connectivity index (χ3n) is 8.90. The number of aromatic nitrogens is 4. The molecule has 2 aliphatic rings. The number of ether oxygens (including phenoxy) is 2. The molecule has 1 saturated heterocycles. The molecule has 2 fully saturated rings. The Labute approximate surface area is 269 Å². The largest absolute Gasteiger partial charge is 0.504 e. The lowest BCUT2D eigenvalue weighted by Crippen LogP contribution is -2.50. The highest BCUT2D eigenvalue weighted by Gasteiger charge is 2.31. The predicted molar refractivity (Wildman–Crippen MR) is 175 cm³/mol. The van der Waals surface area contributed by atoms with Crippen LogP contribution in [0.15, 0.2) is 48.5 Å². The molecule has 1 aliphatic carbocycles. The summed E-state index contributed by atoms with van der Waals surface area (Å²) in [5.74, 6) is 1.07. The molecule has 47 heavy (non-hydrogen) atoms. The van der Waals surface area contributed by atoms with Gasteiger partial charge in [-0.05, 0) is 67.6 Å². The first-order chi connectivity index (χ1) is 22.6. The van der Waals surface area contributed by atoms with Crippen molar-refractivity contribution >= 4 is 39.6 Å². The van der Waals surface area contributed by atoms with Gasteiger partial charge in [-0.15, -0.1) is 0 Å². The van der Waals surface area contributed by atoms with Crippen LogP contribution in [0, 0.1) is 5.92 Å². The zero-order valence-electron chi connectivity index (χ0n) is 26.4. The van der Waals surface area contributed by atoms with Crippen LogP contribution in [0.2, 0.25) is 0 Å². The molecule has 2 atom stereocenters. The van der Waals surface area contributed by atoms with E-state index in [0.717, 1.165) is 23.9 Å². The molecule has 12 nitrogen and oxygen atoms in total. The van der Waals surface area contributed by atoms with Crippen molar-refractivity contribution in [1.82, 2.24) is 24.0 Å². The Morgan fingerprint density at radius 1 is 1.04 bits per heavy atom. The van der Waals surface area contributed by atoms with Crippen molar-refractivity contribution in [3.63, 3.8) is 0 Å². The number of fused-ring (bicyclic) bond motifs is 2. The summed E-state index contributed by atoms with van der Waals surface area (Å²) < 4.78 is 29.1. The van der Waals surface area contributed by atoms with Crippen LogP contribution >= 0.6 is 0 Å². The molecule has 2 amide bonds. The van der Waals surface area contributed by atoms with Crippen LogP contribution in [0.3, 0.4) is 0 Å². The maximum atomic E-state index is 14.3. The lowest BCUT2D eigenvalue weighted by molar-refractivity contribution is 0.0606. The van der Waals surface area contributed by atoms with Gasteiger partial charge < -0.3 is 39.7 Å². The highest BCUT2D eigenvalue weighted by molar-refractivity contribution is 6.04. The number of carbonyl (C=O) groups is 2. The van der Waals surface area contributed by atoms with Crippen LogP contribution in [0.25, 0.3) is 33.6 Å². The number of nitrogens with zero attached hydrogens (tertiary/aromatic N) is 5. The van der Waals surface area contributed by atoms with Gasteiger partial charge >= 0.3 is 0 Å². The number of alkyl halides is 1. The molecule has 13 heteroatoms. The lowest BCUT2D eigenvalue weighted by Gasteiger charge is -2.33. The number of hydrogen-bond donors (Lipinski definition) is 3. The molecular formula is C34H36FN7O5. The number of imidazole rings is 1. The number of hydrogen-bond acceptors (Lipinski definition) is 8. The number of aromatic hydroxyl groups is 1. The van der Waals surface area contributed by atoms with E-state index in [9.17, 15) is 19.1 Å². The number of benzene rings is 2. The molecule has 5 aromatic rings. The minimum atomic E-state index is -1.17. The van der Waals surface area contributed by atoms with Crippen molar-refractivity contribution in [1.29, 1.82) is 0 Å². The fraction of sp³-hybridized carbons (Fsp3) is 0.353. The Bertz CT molecular complexity index is 2020. The van der Waals surface area contributed by atoms with E-state index in [-0.39, 0.29) is 36.9 Å². The van der Waals surface area contributed by atoms with Crippen molar-refractivity contribution < 1.29 is 28.6 Å². The molecule has 1 aliphatic heterocycles. The third-order valence-corrected chi connectivity index (χ3v) is 8.90. The van der Waals surface area contributed by atoms with E-state index < -0.39 is 18.1 Å². The summed E-state index contributed by atoms with van der Waals surface area (Å²) in [7, 11) is 4.88. The summed E-state index contributed by atoms with van der Waals surface area (Å²) >= 11 is 0. The lowest BCUT2D eigenvalue weighted by atomic mass is 10.0. The van der Waals surface area contributed by atoms with Gasteiger partial charge in [0.25, 0.3) is 11.8 Å². The number of piperidine rings is 1. The van der Waals surface area contributed by atoms with Crippen molar-refractivity contribution in [3.8, 4) is 28.8 Å². The van der Waals surface area contributed by atoms with Crippen LogP contribution < -0.4 is 20.5 Å². The topological polar surface area (TPSA) is 150 Å². The molecule has 1 saturated carbocycles. The predicted octanol–water partition coefficient (Wildman–Crippen LogP) is 4.49. The third kappa shape index (κ3) is 5.71. The number of nitrogens with two attached hydrogens (primary N) is 1. The Hall–Kier alpha value is -5.17. The molecule has 2 aromatic carbocycles. The van der Waals surface area contributed by atoms with Gasteiger partial charge in [0.05, 0.1) is 32.0 Å². The van der Waals surface area contributed by atoms with E-state index in [0.29, 0.717) is 57.7 Å². The van der Waals surface area contributed by atoms with Crippen LogP contribution in [-0.2, 0) is 13.6 Å². The van der Waals surface area contributed by atoms with Crippen molar-refractivity contribution in [3.05, 3.63) is 59.8 Å². The first-order valence-corrected chi connectivity index (χ1v) is 15.6. The van der Waals surface area contributed by atoms with E-state index in [4.69, 9.17) is 25.2 Å². The molecular weight excluding hydrogens is 605 g/mol. The number of aryl methyl sites for hydroxylation is 1. The van der Waals surface area contributed by atoms with Gasteiger partial charge in [0.2, 0.25) is 0 Å². The Balaban J connectivity index is 1.27. The van der Waals surface area contributed by atoms with Gasteiger partial charge in [-0.25, -0.2) is 14.4 Å². The summed E-state index contributed by atoms with van der Waals surface area (Å²) in [5, 5.41) is 13.8. The van der Waals surface area contributed by atoms with Gasteiger partial charge in [0.1, 0.15) is 28.8 Å². The Morgan fingerprint density at radius 3 is 2.53 bits per heavy atom. The Kier molecular flexibility index (Phi) is 7.71. The van der Waals surface area contributed by atoms with Crippen LogP contribution in [0.4, 0.5) is 10.1 Å². The molecule has 3 aromatic heterocycles. The van der Waals surface area contributed by atoms with Crippen molar-refractivity contribution in [2.24, 2.45) is 18.7 Å². The molecule has 0 radical (unpaired) electrons. The summed E-state index contributed by atoms with van der Waals surface area (Å²) in [6.07, 6.45) is 1.27. The monoisotopic (exact) mass is 641 g/mol. The van der Waals surface area contributed by atoms with E-state index >= 15 is 0 Å². The summed E-state index contributed by atoms with van der Waals surface area (Å²) in [4.78, 5) is 37.9. The number of phenols is 1. The highest BCUT2D eigenvalue weighted by atomic mass is 19.1. The molecule has 244 valence electrons. The Morgan fingerprint density at radius 2 is 1.83 bits per heavy atom. The molecule has 0 bridgehead atoms. The maximum Gasteiger partial charge on any atom is 0.274 e. The van der Waals surface area contributed by atoms with Crippen LogP contribution in [0.5, 0.6) is 17.2 Å². The number of phenolic OH excluding ortho intramolecular Hbond substituents is 1. The minimum absolute atomic E-state index is 0.00277. The second kappa shape index (κ2) is 11.9. The first kappa shape index (κ1) is 30.5. The van der Waals surface area contributed by atoms with Crippen molar-refractivity contribution in [2.75, 3.05) is 32.6 Å². The fourth-order valence-corrected chi connectivity index (χ4v) is 6.39. The van der Waals surface area contributed by atoms with Gasteiger partial charge in [-0.3, -0.25) is 9.59 Å². The smallest absolute Gasteiger partial charge is 0.274 e. The number of methoxy groups -OCH3 is 2. The summed E-state index contributed by atoms with van der Waals surface area (Å²) in [5.41, 5.74) is 9.71. The van der Waals surface area contributed by atoms with Crippen LogP contribution in [-0.4, -0.2) is 80.4 Å². The molecule has 7 rings (SSSR count). The SMILES string of the molecule is COc1ccc(NC(=O)c2ccc3cc(-c4nc5cc(C(=O)N6C[C@H](N)C[C@@H](F)C6)cc(OC)c5n4C)n(CC4CC4)c3n2)cc1O. The first-order valence-electron chi connectivity index (χ1n) is 15.6. The quantitative estimate of drug-likeness (QED) is 0.225. The van der Waals surface area contributed by atoms with E-state index in [1.165, 1.54) is 25.2 Å². The van der Waals surface area contributed by atoms with Gasteiger partial charge in [0, 0.05) is 48.9 Å². The highest BCUT2D eigenvalue weighted by Crippen LogP contribution is 2.38. The van der Waals surface area contributed by atoms with Gasteiger partial charge in [-0.2, -0.15) is 0 Å². The number of pyridine rings is 1. The van der Waals surface area contributed by atoms with Crippen LogP contribution in [0.1, 0.15) is 40.1 Å². The normalized spacial score (nSPS) is 18.1. The second-order valence-electron chi connectivity index (χ2n) is 12.4. The number of carbonyl (C=O) groups excluding carboxylic acids is 2. The maximum absolute atomic E-state index is 14.3. The number of amides is 2. The molecule has 0 unspecified atom stereocenters. The minimum Gasteiger partial charge on any atom is -0.504 e. The molecule has 4 N–H and O–H groups in total. The van der Waals surface area contributed by atoms with E-state index in [1.807, 2.05) is 23.7 Å². The van der Waals surface area contributed by atoms with Gasteiger partial charge in [-0.1, -0.05) is 0 Å². The zero-order chi connectivity index (χ0) is 33.0. The number of halogens is 1. The summed E-state index contributed by atoms with van der Waals surface area (Å²) in [6.45, 7) is 0.980. The zero-order valence-corrected chi connectivity index (χ0v) is 26.4. The van der Waals surface area contributed by atoms with E-state index in [1.54, 1.807) is 30.3 Å². The van der Waals surface area contributed by atoms with Gasteiger partial charge in [0.15, 0.2) is 17.3 Å². The summed E-state index contributed by atoms with van der Waals surface area (Å²) in [6, 6.07) is 13.1. The molecule has 4 heterocycles. The molecule has 0 spiro atoms. The number of anilines is 1. The number of rotatable bonds is 8. The fourth-order valence-electron chi connectivity index (χ4n) is 6.39. The number of likely N-dealkylation sites (tertiary alicyclic amines) is 1.